The maximum Gasteiger partial charge on any atom is 0.171 e. The second-order valence-electron chi connectivity index (χ2n) is 3.47. The molecule has 2 N–H and O–H groups in total. The highest BCUT2D eigenvalue weighted by atomic mass is 35.5. The zero-order chi connectivity index (χ0) is 12.8. The molecule has 1 aromatic carbocycles. The van der Waals surface area contributed by atoms with E-state index < -0.39 is 0 Å². The molecule has 0 saturated carbocycles. The van der Waals surface area contributed by atoms with E-state index >= 15 is 0 Å². The number of hydrogen-bond donors (Lipinski definition) is 1. The Morgan fingerprint density at radius 2 is 1.94 bits per heavy atom. The van der Waals surface area contributed by atoms with Gasteiger partial charge < -0.3 is 5.73 Å². The van der Waals surface area contributed by atoms with Crippen molar-refractivity contribution in [3.63, 3.8) is 0 Å². The van der Waals surface area contributed by atoms with Crippen LogP contribution in [0.2, 0.25) is 5.02 Å². The molecular formula is C13H11ClN4. The summed E-state index contributed by atoms with van der Waals surface area (Å²) in [6.45, 7) is 0. The van der Waals surface area contributed by atoms with Crippen LogP contribution >= 0.6 is 11.6 Å². The second-order valence-corrected chi connectivity index (χ2v) is 3.87. The lowest BCUT2D eigenvalue weighted by atomic mass is 10.2. The highest BCUT2D eigenvalue weighted by molar-refractivity contribution is 6.33. The Hall–Kier alpha value is -2.20. The maximum atomic E-state index is 5.97. The number of amidine groups is 1. The van der Waals surface area contributed by atoms with Crippen molar-refractivity contribution < 1.29 is 0 Å². The van der Waals surface area contributed by atoms with Gasteiger partial charge in [-0.15, -0.1) is 5.10 Å². The third-order valence-electron chi connectivity index (χ3n) is 2.19. The summed E-state index contributed by atoms with van der Waals surface area (Å²) in [5.74, 6) is 0.263. The molecule has 0 amide bonds. The Morgan fingerprint density at radius 1 is 1.17 bits per heavy atom. The van der Waals surface area contributed by atoms with Crippen molar-refractivity contribution >= 4 is 23.7 Å². The first-order chi connectivity index (χ1) is 8.77. The number of nitrogens with two attached hydrogens (primary N) is 1. The minimum Gasteiger partial charge on any atom is -0.380 e. The van der Waals surface area contributed by atoms with Crippen LogP contribution in [0.3, 0.4) is 0 Å². The van der Waals surface area contributed by atoms with Gasteiger partial charge in [0.15, 0.2) is 5.84 Å². The number of benzene rings is 1. The quantitative estimate of drug-likeness (QED) is 0.522. The molecule has 5 heteroatoms. The number of rotatable bonds is 3. The fourth-order valence-electron chi connectivity index (χ4n) is 1.30. The minimum absolute atomic E-state index is 0.263. The van der Waals surface area contributed by atoms with Gasteiger partial charge in [0, 0.05) is 16.8 Å². The standard InChI is InChI=1S/C13H11ClN4/c14-11-6-2-1-5-10(11)9-17-18-13(15)12-7-3-4-8-16-12/h1-9H,(H2,15,18)/b17-9-. The molecule has 1 aromatic heterocycles. The number of nitrogens with zero attached hydrogens (tertiary/aromatic N) is 3. The predicted octanol–water partition coefficient (Wildman–Crippen LogP) is 2.47. The van der Waals surface area contributed by atoms with Gasteiger partial charge in [-0.05, 0) is 18.2 Å². The van der Waals surface area contributed by atoms with E-state index in [1.165, 1.54) is 0 Å². The molecule has 4 nitrogen and oxygen atoms in total. The summed E-state index contributed by atoms with van der Waals surface area (Å²) < 4.78 is 0. The van der Waals surface area contributed by atoms with Crippen molar-refractivity contribution in [3.8, 4) is 0 Å². The van der Waals surface area contributed by atoms with Crippen LogP contribution in [-0.2, 0) is 0 Å². The van der Waals surface area contributed by atoms with Crippen LogP contribution in [-0.4, -0.2) is 17.0 Å². The summed E-state index contributed by atoms with van der Waals surface area (Å²) >= 11 is 5.97. The van der Waals surface area contributed by atoms with Crippen molar-refractivity contribution in [3.05, 3.63) is 64.9 Å². The van der Waals surface area contributed by atoms with Crippen LogP contribution in [0.15, 0.2) is 58.9 Å². The molecule has 0 aliphatic rings. The number of pyridine rings is 1. The molecule has 0 saturated heterocycles. The zero-order valence-electron chi connectivity index (χ0n) is 9.49. The molecule has 0 aliphatic heterocycles. The molecule has 0 spiro atoms. The maximum absolute atomic E-state index is 5.97. The van der Waals surface area contributed by atoms with Gasteiger partial charge in [0.1, 0.15) is 5.69 Å². The van der Waals surface area contributed by atoms with E-state index in [0.29, 0.717) is 10.7 Å². The Kier molecular flexibility index (Phi) is 4.04. The molecule has 0 radical (unpaired) electrons. The fraction of sp³-hybridized carbons (Fsp3) is 0. The summed E-state index contributed by atoms with van der Waals surface area (Å²) in [6.07, 6.45) is 3.20. The third kappa shape index (κ3) is 3.15. The lowest BCUT2D eigenvalue weighted by Gasteiger charge is -1.96. The highest BCUT2D eigenvalue weighted by Gasteiger charge is 1.97. The fourth-order valence-corrected chi connectivity index (χ4v) is 1.48. The van der Waals surface area contributed by atoms with E-state index in [-0.39, 0.29) is 5.84 Å². The van der Waals surface area contributed by atoms with Gasteiger partial charge in [0.2, 0.25) is 0 Å². The first-order valence-corrected chi connectivity index (χ1v) is 5.67. The predicted molar refractivity (Wildman–Crippen MR) is 74.0 cm³/mol. The summed E-state index contributed by atoms with van der Waals surface area (Å²) in [6, 6.07) is 12.8. The van der Waals surface area contributed by atoms with E-state index in [4.69, 9.17) is 17.3 Å². The van der Waals surface area contributed by atoms with Gasteiger partial charge in [0.25, 0.3) is 0 Å². The van der Waals surface area contributed by atoms with Crippen LogP contribution < -0.4 is 5.73 Å². The summed E-state index contributed by atoms with van der Waals surface area (Å²) in [7, 11) is 0. The number of aromatic nitrogens is 1. The third-order valence-corrected chi connectivity index (χ3v) is 2.54. The summed E-state index contributed by atoms with van der Waals surface area (Å²) in [5.41, 5.74) is 7.12. The van der Waals surface area contributed by atoms with Crippen LogP contribution in [0.4, 0.5) is 0 Å². The first-order valence-electron chi connectivity index (χ1n) is 5.30. The summed E-state index contributed by atoms with van der Waals surface area (Å²) in [5, 5.41) is 8.38. The lowest BCUT2D eigenvalue weighted by Crippen LogP contribution is -2.14. The Balaban J connectivity index is 2.14. The summed E-state index contributed by atoms with van der Waals surface area (Å²) in [4.78, 5) is 4.07. The molecular weight excluding hydrogens is 248 g/mol. The van der Waals surface area contributed by atoms with Gasteiger partial charge in [-0.3, -0.25) is 4.98 Å². The van der Waals surface area contributed by atoms with Crippen molar-refractivity contribution in [1.82, 2.24) is 4.98 Å². The van der Waals surface area contributed by atoms with Crippen molar-refractivity contribution in [1.29, 1.82) is 0 Å². The van der Waals surface area contributed by atoms with Crippen molar-refractivity contribution in [2.45, 2.75) is 0 Å². The first kappa shape index (κ1) is 12.3. The number of halogens is 1. The molecule has 2 aromatic rings. The molecule has 0 aliphatic carbocycles. The minimum atomic E-state index is 0.263. The van der Waals surface area contributed by atoms with Crippen LogP contribution in [0.1, 0.15) is 11.3 Å². The van der Waals surface area contributed by atoms with Gasteiger partial charge in [0.05, 0.1) is 6.21 Å². The molecule has 0 fully saturated rings. The average Bonchev–Trinajstić information content (AvgIpc) is 2.42. The largest absolute Gasteiger partial charge is 0.380 e. The Bertz CT molecular complexity index is 579. The van der Waals surface area contributed by atoms with Crippen LogP contribution in [0, 0.1) is 0 Å². The molecule has 2 rings (SSSR count). The topological polar surface area (TPSA) is 63.6 Å². The highest BCUT2D eigenvalue weighted by Crippen LogP contribution is 2.12. The average molecular weight is 259 g/mol. The van der Waals surface area contributed by atoms with E-state index in [0.717, 1.165) is 5.56 Å². The molecule has 1 heterocycles. The number of hydrogen-bond acceptors (Lipinski definition) is 3. The van der Waals surface area contributed by atoms with Crippen molar-refractivity contribution in [2.75, 3.05) is 0 Å². The molecule has 0 unspecified atom stereocenters. The van der Waals surface area contributed by atoms with Gasteiger partial charge >= 0.3 is 0 Å². The normalized spacial score (nSPS) is 11.9. The zero-order valence-corrected chi connectivity index (χ0v) is 10.2. The van der Waals surface area contributed by atoms with Gasteiger partial charge in [-0.1, -0.05) is 35.9 Å². The van der Waals surface area contributed by atoms with Gasteiger partial charge in [-0.2, -0.15) is 5.10 Å². The van der Waals surface area contributed by atoms with Crippen molar-refractivity contribution in [2.24, 2.45) is 15.9 Å². The molecule has 90 valence electrons. The smallest absolute Gasteiger partial charge is 0.171 e. The molecule has 0 atom stereocenters. The monoisotopic (exact) mass is 258 g/mol. The van der Waals surface area contributed by atoms with E-state index in [9.17, 15) is 0 Å². The Morgan fingerprint density at radius 3 is 2.67 bits per heavy atom. The molecule has 0 bridgehead atoms. The Labute approximate surface area is 110 Å². The SMILES string of the molecule is N/C(=N/N=C\c1ccccc1Cl)c1ccccn1. The lowest BCUT2D eigenvalue weighted by molar-refractivity contribution is 1.20. The van der Waals surface area contributed by atoms with Crippen LogP contribution in [0.5, 0.6) is 0 Å². The van der Waals surface area contributed by atoms with Gasteiger partial charge in [-0.25, -0.2) is 0 Å². The molecule has 18 heavy (non-hydrogen) atoms. The van der Waals surface area contributed by atoms with E-state index in [2.05, 4.69) is 15.2 Å². The van der Waals surface area contributed by atoms with E-state index in [1.807, 2.05) is 30.3 Å². The second kappa shape index (κ2) is 5.93. The van der Waals surface area contributed by atoms with Crippen LogP contribution in [0.25, 0.3) is 0 Å². The van der Waals surface area contributed by atoms with E-state index in [1.54, 1.807) is 24.5 Å².